The molecule has 0 N–H and O–H groups in total. The Morgan fingerprint density at radius 1 is 0.880 bits per heavy atom. The molecule has 2 heterocycles. The molecule has 25 heavy (non-hydrogen) atoms. The Morgan fingerprint density at radius 2 is 1.52 bits per heavy atom. The predicted molar refractivity (Wildman–Crippen MR) is 93.7 cm³/mol. The molecule has 0 radical (unpaired) electrons. The Bertz CT molecular complexity index is 608. The maximum absolute atomic E-state index is 12.3. The molecule has 6 heteroatoms. The van der Waals surface area contributed by atoms with Gasteiger partial charge in [-0.15, -0.1) is 0 Å². The van der Waals surface area contributed by atoms with Crippen LogP contribution in [0.1, 0.15) is 24.8 Å². The van der Waals surface area contributed by atoms with E-state index in [1.165, 1.54) is 10.5 Å². The highest BCUT2D eigenvalue weighted by Crippen LogP contribution is 2.12. The van der Waals surface area contributed by atoms with E-state index in [1.807, 2.05) is 35.2 Å². The summed E-state index contributed by atoms with van der Waals surface area (Å²) in [6.07, 6.45) is 2.02. The number of carbonyl (C=O) groups is 3. The fraction of sp³-hybridized carbons (Fsp3) is 0.526. The van der Waals surface area contributed by atoms with Crippen molar-refractivity contribution in [3.05, 3.63) is 35.9 Å². The molecule has 2 fully saturated rings. The van der Waals surface area contributed by atoms with Crippen LogP contribution in [0.3, 0.4) is 0 Å². The van der Waals surface area contributed by atoms with Crippen molar-refractivity contribution in [1.29, 1.82) is 0 Å². The van der Waals surface area contributed by atoms with Gasteiger partial charge in [0.1, 0.15) is 0 Å². The second-order valence-electron chi connectivity index (χ2n) is 6.65. The van der Waals surface area contributed by atoms with Crippen LogP contribution in [0, 0.1) is 0 Å². The normalized spacial score (nSPS) is 18.9. The van der Waals surface area contributed by atoms with Crippen LogP contribution < -0.4 is 0 Å². The van der Waals surface area contributed by atoms with E-state index in [4.69, 9.17) is 0 Å². The summed E-state index contributed by atoms with van der Waals surface area (Å²) in [5, 5.41) is 0. The lowest BCUT2D eigenvalue weighted by Gasteiger charge is -2.35. The van der Waals surface area contributed by atoms with Crippen molar-refractivity contribution in [3.8, 4) is 0 Å². The summed E-state index contributed by atoms with van der Waals surface area (Å²) in [6.45, 7) is 4.20. The number of aryl methyl sites for hydroxylation is 1. The highest BCUT2D eigenvalue weighted by molar-refractivity contribution is 6.01. The van der Waals surface area contributed by atoms with E-state index >= 15 is 0 Å². The van der Waals surface area contributed by atoms with Crippen LogP contribution in [-0.2, 0) is 20.8 Å². The molecule has 2 aliphatic rings. The van der Waals surface area contributed by atoms with E-state index in [0.29, 0.717) is 32.4 Å². The summed E-state index contributed by atoms with van der Waals surface area (Å²) in [5.41, 5.74) is 1.19. The standard InChI is InChI=1S/C19H25N3O3/c23-17(7-6-16-4-2-1-3-5-16)21-13-10-20(11-14-21)12-15-22-18(24)8-9-19(22)25/h1-5H,6-15H2. The van der Waals surface area contributed by atoms with E-state index < -0.39 is 0 Å². The molecule has 0 saturated carbocycles. The van der Waals surface area contributed by atoms with Crippen molar-refractivity contribution in [3.63, 3.8) is 0 Å². The smallest absolute Gasteiger partial charge is 0.229 e. The van der Waals surface area contributed by atoms with Crippen LogP contribution in [0.5, 0.6) is 0 Å². The minimum atomic E-state index is -0.0558. The maximum atomic E-state index is 12.3. The maximum Gasteiger partial charge on any atom is 0.229 e. The van der Waals surface area contributed by atoms with E-state index in [1.54, 1.807) is 0 Å². The van der Waals surface area contributed by atoms with Crippen LogP contribution >= 0.6 is 0 Å². The number of carbonyl (C=O) groups excluding carboxylic acids is 3. The summed E-state index contributed by atoms with van der Waals surface area (Å²) in [4.78, 5) is 41.1. The van der Waals surface area contributed by atoms with Gasteiger partial charge in [0, 0.05) is 58.5 Å². The molecule has 0 unspecified atom stereocenters. The molecule has 0 aromatic heterocycles. The van der Waals surface area contributed by atoms with Gasteiger partial charge >= 0.3 is 0 Å². The Kier molecular flexibility index (Phi) is 5.81. The summed E-state index contributed by atoms with van der Waals surface area (Å²) >= 11 is 0. The predicted octanol–water partition coefficient (Wildman–Crippen LogP) is 0.912. The Labute approximate surface area is 148 Å². The minimum absolute atomic E-state index is 0.0558. The molecule has 1 aromatic carbocycles. The SMILES string of the molecule is O=C(CCc1ccccc1)N1CCN(CCN2C(=O)CCC2=O)CC1. The highest BCUT2D eigenvalue weighted by atomic mass is 16.2. The van der Waals surface area contributed by atoms with Gasteiger partial charge in [0.25, 0.3) is 0 Å². The molecule has 2 aliphatic heterocycles. The Hall–Kier alpha value is -2.21. The number of benzene rings is 1. The number of rotatable bonds is 6. The molecule has 3 amide bonds. The zero-order chi connectivity index (χ0) is 17.6. The summed E-state index contributed by atoms with van der Waals surface area (Å²) in [7, 11) is 0. The van der Waals surface area contributed by atoms with Gasteiger partial charge in [-0.3, -0.25) is 24.2 Å². The first-order valence-corrected chi connectivity index (χ1v) is 9.01. The molecule has 134 valence electrons. The number of nitrogens with zero attached hydrogens (tertiary/aromatic N) is 3. The van der Waals surface area contributed by atoms with E-state index in [9.17, 15) is 14.4 Å². The van der Waals surface area contributed by atoms with Crippen LogP contribution in [0.2, 0.25) is 0 Å². The third kappa shape index (κ3) is 4.66. The quantitative estimate of drug-likeness (QED) is 0.721. The third-order valence-corrected chi connectivity index (χ3v) is 4.99. The molecular weight excluding hydrogens is 318 g/mol. The van der Waals surface area contributed by atoms with Crippen molar-refractivity contribution in [2.75, 3.05) is 39.3 Å². The highest BCUT2D eigenvalue weighted by Gasteiger charge is 2.29. The van der Waals surface area contributed by atoms with Gasteiger partial charge in [0.2, 0.25) is 17.7 Å². The number of piperazine rings is 1. The average molecular weight is 343 g/mol. The van der Waals surface area contributed by atoms with Gasteiger partial charge < -0.3 is 4.90 Å². The first kappa shape index (κ1) is 17.6. The zero-order valence-corrected chi connectivity index (χ0v) is 14.5. The third-order valence-electron chi connectivity index (χ3n) is 4.99. The summed E-state index contributed by atoms with van der Waals surface area (Å²) < 4.78 is 0. The fourth-order valence-electron chi connectivity index (χ4n) is 3.39. The summed E-state index contributed by atoms with van der Waals surface area (Å²) in [5.74, 6) is 0.0906. The molecule has 0 bridgehead atoms. The van der Waals surface area contributed by atoms with Crippen LogP contribution in [-0.4, -0.2) is 71.7 Å². The van der Waals surface area contributed by atoms with Crippen molar-refractivity contribution in [2.45, 2.75) is 25.7 Å². The van der Waals surface area contributed by atoms with E-state index in [2.05, 4.69) is 4.90 Å². The monoisotopic (exact) mass is 343 g/mol. The van der Waals surface area contributed by atoms with Crippen LogP contribution in [0.25, 0.3) is 0 Å². The van der Waals surface area contributed by atoms with Crippen molar-refractivity contribution in [2.24, 2.45) is 0 Å². The van der Waals surface area contributed by atoms with Crippen molar-refractivity contribution < 1.29 is 14.4 Å². The zero-order valence-electron chi connectivity index (χ0n) is 14.5. The van der Waals surface area contributed by atoms with Gasteiger partial charge in [-0.25, -0.2) is 0 Å². The first-order chi connectivity index (χ1) is 12.1. The Balaban J connectivity index is 1.37. The first-order valence-electron chi connectivity index (χ1n) is 9.01. The number of imide groups is 1. The van der Waals surface area contributed by atoms with Gasteiger partial charge in [0.15, 0.2) is 0 Å². The lowest BCUT2D eigenvalue weighted by Crippen LogP contribution is -2.50. The van der Waals surface area contributed by atoms with Gasteiger partial charge in [-0.2, -0.15) is 0 Å². The van der Waals surface area contributed by atoms with Crippen molar-refractivity contribution in [1.82, 2.24) is 14.7 Å². The molecule has 1 aromatic rings. The van der Waals surface area contributed by atoms with Gasteiger partial charge in [-0.1, -0.05) is 30.3 Å². The van der Waals surface area contributed by atoms with Crippen LogP contribution in [0.15, 0.2) is 30.3 Å². The second kappa shape index (κ2) is 8.25. The number of likely N-dealkylation sites (tertiary alicyclic amines) is 1. The van der Waals surface area contributed by atoms with E-state index in [0.717, 1.165) is 32.6 Å². The van der Waals surface area contributed by atoms with Crippen molar-refractivity contribution >= 4 is 17.7 Å². The molecular formula is C19H25N3O3. The Morgan fingerprint density at radius 3 is 2.16 bits per heavy atom. The van der Waals surface area contributed by atoms with Crippen LogP contribution in [0.4, 0.5) is 0 Å². The lowest BCUT2D eigenvalue weighted by molar-refractivity contribution is -0.138. The molecule has 3 rings (SSSR count). The molecule has 6 nitrogen and oxygen atoms in total. The molecule has 0 spiro atoms. The molecule has 2 saturated heterocycles. The number of amides is 3. The van der Waals surface area contributed by atoms with Gasteiger partial charge in [0.05, 0.1) is 0 Å². The average Bonchev–Trinajstić information content (AvgIpc) is 2.97. The van der Waals surface area contributed by atoms with Gasteiger partial charge in [-0.05, 0) is 12.0 Å². The molecule has 0 atom stereocenters. The second-order valence-corrected chi connectivity index (χ2v) is 6.65. The topological polar surface area (TPSA) is 60.9 Å². The fourth-order valence-corrected chi connectivity index (χ4v) is 3.39. The molecule has 0 aliphatic carbocycles. The lowest BCUT2D eigenvalue weighted by atomic mass is 10.1. The minimum Gasteiger partial charge on any atom is -0.340 e. The largest absolute Gasteiger partial charge is 0.340 e. The number of hydrogen-bond acceptors (Lipinski definition) is 4. The summed E-state index contributed by atoms with van der Waals surface area (Å²) in [6, 6.07) is 10.1. The number of hydrogen-bond donors (Lipinski definition) is 0. The van der Waals surface area contributed by atoms with E-state index in [-0.39, 0.29) is 17.7 Å².